The van der Waals surface area contributed by atoms with E-state index in [1.807, 2.05) is 18.2 Å². The Kier molecular flexibility index (Phi) is 5.19. The molecule has 2 amide bonds. The average molecular weight is 314 g/mol. The number of methoxy groups -OCH3 is 1. The number of amides is 2. The number of rotatable bonds is 5. The number of hydrogen-bond donors (Lipinski definition) is 1. The lowest BCUT2D eigenvalue weighted by molar-refractivity contribution is 0.1000. The van der Waals surface area contributed by atoms with Crippen molar-refractivity contribution in [2.75, 3.05) is 19.1 Å². The Morgan fingerprint density at radius 2 is 1.87 bits per heavy atom. The number of hydrogen-bond acceptors (Lipinski definition) is 4. The number of benzene rings is 2. The summed E-state index contributed by atoms with van der Waals surface area (Å²) in [6.07, 6.45) is -0.544. The molecule has 23 heavy (non-hydrogen) atoms. The minimum Gasteiger partial charge on any atom is -0.496 e. The normalized spacial score (nSPS) is 10.0. The molecule has 0 aliphatic carbocycles. The van der Waals surface area contributed by atoms with E-state index in [9.17, 15) is 9.59 Å². The zero-order valence-electron chi connectivity index (χ0n) is 13.0. The van der Waals surface area contributed by atoms with Gasteiger partial charge >= 0.3 is 6.09 Å². The highest BCUT2D eigenvalue weighted by atomic mass is 16.6. The Labute approximate surface area is 134 Å². The van der Waals surface area contributed by atoms with Gasteiger partial charge < -0.3 is 15.2 Å². The summed E-state index contributed by atoms with van der Waals surface area (Å²) in [4.78, 5) is 24.7. The molecule has 0 saturated heterocycles. The van der Waals surface area contributed by atoms with Crippen LogP contribution in [0.5, 0.6) is 5.75 Å². The number of primary amides is 1. The highest BCUT2D eigenvalue weighted by molar-refractivity contribution is 5.95. The van der Waals surface area contributed by atoms with Crippen LogP contribution in [0, 0.1) is 0 Å². The van der Waals surface area contributed by atoms with E-state index in [0.717, 1.165) is 5.56 Å². The number of para-hydroxylation sites is 1. The molecule has 2 N–H and O–H groups in total. The van der Waals surface area contributed by atoms with E-state index in [0.29, 0.717) is 17.0 Å². The van der Waals surface area contributed by atoms with Crippen LogP contribution in [0.2, 0.25) is 0 Å². The van der Waals surface area contributed by atoms with Crippen molar-refractivity contribution in [1.82, 2.24) is 0 Å². The van der Waals surface area contributed by atoms with E-state index in [1.54, 1.807) is 38.4 Å². The number of ether oxygens (including phenoxy) is 2. The first-order valence-electron chi connectivity index (χ1n) is 6.95. The molecule has 120 valence electrons. The molecular weight excluding hydrogens is 296 g/mol. The Balaban J connectivity index is 2.05. The van der Waals surface area contributed by atoms with Gasteiger partial charge in [-0.2, -0.15) is 0 Å². The minimum absolute atomic E-state index is 0.0860. The highest BCUT2D eigenvalue weighted by Crippen LogP contribution is 2.20. The molecule has 0 unspecified atom stereocenters. The van der Waals surface area contributed by atoms with Crippen molar-refractivity contribution in [1.29, 1.82) is 0 Å². The van der Waals surface area contributed by atoms with Crippen LogP contribution in [0.1, 0.15) is 15.9 Å². The maximum Gasteiger partial charge on any atom is 0.414 e. The molecule has 0 aromatic heterocycles. The topological polar surface area (TPSA) is 81.9 Å². The van der Waals surface area contributed by atoms with Gasteiger partial charge in [-0.25, -0.2) is 4.79 Å². The van der Waals surface area contributed by atoms with E-state index in [-0.39, 0.29) is 6.61 Å². The lowest BCUT2D eigenvalue weighted by Crippen LogP contribution is -2.27. The Hall–Kier alpha value is -3.02. The molecule has 0 radical (unpaired) electrons. The van der Waals surface area contributed by atoms with E-state index in [2.05, 4.69) is 0 Å². The average Bonchev–Trinajstić information content (AvgIpc) is 2.59. The van der Waals surface area contributed by atoms with E-state index >= 15 is 0 Å². The van der Waals surface area contributed by atoms with Crippen LogP contribution in [-0.4, -0.2) is 26.2 Å². The van der Waals surface area contributed by atoms with Crippen LogP contribution in [0.15, 0.2) is 48.5 Å². The summed E-state index contributed by atoms with van der Waals surface area (Å²) in [5.41, 5.74) is 6.85. The third-order valence-corrected chi connectivity index (χ3v) is 3.34. The highest BCUT2D eigenvalue weighted by Gasteiger charge is 2.14. The third-order valence-electron chi connectivity index (χ3n) is 3.34. The summed E-state index contributed by atoms with van der Waals surface area (Å²) in [5, 5.41) is 0. The summed E-state index contributed by atoms with van der Waals surface area (Å²) in [6, 6.07) is 13.8. The van der Waals surface area contributed by atoms with Crippen molar-refractivity contribution < 1.29 is 19.1 Å². The maximum atomic E-state index is 12.1. The Morgan fingerprint density at radius 3 is 2.57 bits per heavy atom. The monoisotopic (exact) mass is 314 g/mol. The molecule has 6 heteroatoms. The second-order valence-electron chi connectivity index (χ2n) is 4.84. The summed E-state index contributed by atoms with van der Waals surface area (Å²) >= 11 is 0. The summed E-state index contributed by atoms with van der Waals surface area (Å²) in [5.74, 6) is 0.0984. The van der Waals surface area contributed by atoms with Gasteiger partial charge in [-0.3, -0.25) is 9.69 Å². The first-order valence-corrected chi connectivity index (χ1v) is 6.95. The number of anilines is 1. The van der Waals surface area contributed by atoms with Crippen LogP contribution in [0.4, 0.5) is 10.5 Å². The van der Waals surface area contributed by atoms with Crippen LogP contribution in [-0.2, 0) is 11.3 Å². The van der Waals surface area contributed by atoms with Crippen LogP contribution in [0.3, 0.4) is 0 Å². The molecule has 6 nitrogen and oxygen atoms in total. The fourth-order valence-electron chi connectivity index (χ4n) is 2.03. The Morgan fingerprint density at radius 1 is 1.13 bits per heavy atom. The molecule has 0 aliphatic heterocycles. The number of nitrogens with zero attached hydrogens (tertiary/aromatic N) is 1. The van der Waals surface area contributed by atoms with Crippen molar-refractivity contribution in [3.8, 4) is 5.75 Å². The van der Waals surface area contributed by atoms with Crippen molar-refractivity contribution in [3.63, 3.8) is 0 Å². The van der Waals surface area contributed by atoms with Crippen molar-refractivity contribution in [3.05, 3.63) is 59.7 Å². The van der Waals surface area contributed by atoms with Gasteiger partial charge in [-0.15, -0.1) is 0 Å². The molecule has 0 spiro atoms. The van der Waals surface area contributed by atoms with Gasteiger partial charge in [0.25, 0.3) is 0 Å². The number of nitrogens with two attached hydrogens (primary N) is 1. The molecule has 0 saturated carbocycles. The standard InChI is InChI=1S/C17H18N2O4/c1-19(14-8-5-7-12(10-14)16(18)20)17(21)23-11-13-6-3-4-9-15(13)22-2/h3-10H,11H2,1-2H3,(H2,18,20). The van der Waals surface area contributed by atoms with E-state index < -0.39 is 12.0 Å². The first-order chi connectivity index (χ1) is 11.0. The van der Waals surface area contributed by atoms with Crippen molar-refractivity contribution in [2.24, 2.45) is 5.73 Å². The molecule has 0 heterocycles. The molecular formula is C17H18N2O4. The summed E-state index contributed by atoms with van der Waals surface area (Å²) in [6.45, 7) is 0.0860. The smallest absolute Gasteiger partial charge is 0.414 e. The molecule has 0 bridgehead atoms. The summed E-state index contributed by atoms with van der Waals surface area (Å²) in [7, 11) is 3.12. The fraction of sp³-hybridized carbons (Fsp3) is 0.176. The molecule has 0 aliphatic rings. The SMILES string of the molecule is COc1ccccc1COC(=O)N(C)c1cccc(C(N)=O)c1. The van der Waals surface area contributed by atoms with Gasteiger partial charge in [0.15, 0.2) is 0 Å². The predicted molar refractivity (Wildman–Crippen MR) is 86.5 cm³/mol. The maximum absolute atomic E-state index is 12.1. The predicted octanol–water partition coefficient (Wildman–Crippen LogP) is 2.57. The van der Waals surface area contributed by atoms with Gasteiger partial charge in [0.2, 0.25) is 5.91 Å². The van der Waals surface area contributed by atoms with Gasteiger partial charge in [-0.1, -0.05) is 24.3 Å². The largest absolute Gasteiger partial charge is 0.496 e. The van der Waals surface area contributed by atoms with Gasteiger partial charge in [0.1, 0.15) is 12.4 Å². The fourth-order valence-corrected chi connectivity index (χ4v) is 2.03. The number of carbonyl (C=O) groups excluding carboxylic acids is 2. The molecule has 0 atom stereocenters. The quantitative estimate of drug-likeness (QED) is 0.919. The van der Waals surface area contributed by atoms with Crippen LogP contribution < -0.4 is 15.4 Å². The zero-order valence-corrected chi connectivity index (χ0v) is 13.0. The van der Waals surface area contributed by atoms with Crippen molar-refractivity contribution in [2.45, 2.75) is 6.61 Å². The van der Waals surface area contributed by atoms with Crippen LogP contribution in [0.25, 0.3) is 0 Å². The van der Waals surface area contributed by atoms with Crippen molar-refractivity contribution >= 4 is 17.7 Å². The van der Waals surface area contributed by atoms with Crippen LogP contribution >= 0.6 is 0 Å². The van der Waals surface area contributed by atoms with E-state index in [1.165, 1.54) is 11.0 Å². The number of carbonyl (C=O) groups is 2. The minimum atomic E-state index is -0.553. The van der Waals surface area contributed by atoms with Gasteiger partial charge in [-0.05, 0) is 24.3 Å². The first kappa shape index (κ1) is 16.4. The van der Waals surface area contributed by atoms with Gasteiger partial charge in [0.05, 0.1) is 7.11 Å². The summed E-state index contributed by atoms with van der Waals surface area (Å²) < 4.78 is 10.5. The molecule has 2 aromatic carbocycles. The lowest BCUT2D eigenvalue weighted by Gasteiger charge is -2.18. The second-order valence-corrected chi connectivity index (χ2v) is 4.84. The third kappa shape index (κ3) is 4.00. The van der Waals surface area contributed by atoms with Gasteiger partial charge in [0, 0.05) is 23.9 Å². The van der Waals surface area contributed by atoms with E-state index in [4.69, 9.17) is 15.2 Å². The second kappa shape index (κ2) is 7.31. The molecule has 0 fully saturated rings. The zero-order chi connectivity index (χ0) is 16.8. The molecule has 2 rings (SSSR count). The Bertz CT molecular complexity index is 715. The lowest BCUT2D eigenvalue weighted by atomic mass is 10.2. The molecule has 2 aromatic rings.